The molecule has 1 aliphatic carbocycles. The van der Waals surface area contributed by atoms with Crippen LogP contribution in [0.2, 0.25) is 0 Å². The van der Waals surface area contributed by atoms with Gasteiger partial charge in [-0.25, -0.2) is 21.9 Å². The second kappa shape index (κ2) is 5.15. The Balaban J connectivity index is 2.14. The van der Waals surface area contributed by atoms with E-state index < -0.39 is 32.2 Å². The summed E-state index contributed by atoms with van der Waals surface area (Å²) >= 11 is 0. The normalized spacial score (nSPS) is 18.7. The molecular formula is C12H15F2NO3S. The van der Waals surface area contributed by atoms with E-state index in [0.29, 0.717) is 18.9 Å². The second-order valence-corrected chi connectivity index (χ2v) is 6.57. The molecule has 4 nitrogen and oxygen atoms in total. The van der Waals surface area contributed by atoms with Crippen LogP contribution in [-0.2, 0) is 10.0 Å². The summed E-state index contributed by atoms with van der Waals surface area (Å²) in [6, 6.07) is 2.26. The lowest BCUT2D eigenvalue weighted by molar-refractivity contribution is 0.0531. The van der Waals surface area contributed by atoms with Crippen LogP contribution < -0.4 is 4.72 Å². The van der Waals surface area contributed by atoms with Gasteiger partial charge in [-0.1, -0.05) is 12.8 Å². The maximum Gasteiger partial charge on any atom is 0.243 e. The monoisotopic (exact) mass is 291 g/mol. The van der Waals surface area contributed by atoms with Crippen LogP contribution >= 0.6 is 0 Å². The Labute approximate surface area is 110 Å². The average Bonchev–Trinajstić information content (AvgIpc) is 2.74. The number of hydrogen-bond donors (Lipinski definition) is 2. The lowest BCUT2D eigenvalue weighted by Crippen LogP contribution is -2.40. The van der Waals surface area contributed by atoms with E-state index in [1.165, 1.54) is 0 Å². The van der Waals surface area contributed by atoms with Crippen LogP contribution in [0.5, 0.6) is 0 Å². The van der Waals surface area contributed by atoms with Crippen LogP contribution in [0.3, 0.4) is 0 Å². The van der Waals surface area contributed by atoms with E-state index in [4.69, 9.17) is 0 Å². The molecule has 0 aliphatic heterocycles. The van der Waals surface area contributed by atoms with Gasteiger partial charge in [0.05, 0.1) is 5.60 Å². The molecule has 1 aliphatic rings. The summed E-state index contributed by atoms with van der Waals surface area (Å²) in [6.07, 6.45) is 2.70. The minimum Gasteiger partial charge on any atom is -0.389 e. The van der Waals surface area contributed by atoms with Crippen molar-refractivity contribution in [3.05, 3.63) is 29.8 Å². The van der Waals surface area contributed by atoms with Crippen molar-refractivity contribution >= 4 is 10.0 Å². The van der Waals surface area contributed by atoms with Gasteiger partial charge in [-0.05, 0) is 25.0 Å². The maximum absolute atomic E-state index is 13.4. The van der Waals surface area contributed by atoms with E-state index in [9.17, 15) is 22.3 Å². The first kappa shape index (κ1) is 14.4. The second-order valence-electron chi connectivity index (χ2n) is 4.83. The van der Waals surface area contributed by atoms with Gasteiger partial charge in [0.15, 0.2) is 0 Å². The number of aliphatic hydroxyl groups is 1. The summed E-state index contributed by atoms with van der Waals surface area (Å²) in [5.41, 5.74) is -1.07. The molecular weight excluding hydrogens is 276 g/mol. The number of rotatable bonds is 4. The Bertz CT molecular complexity index is 568. The SMILES string of the molecule is O=S(=O)(NCC1(O)CCCC1)c1ccc(F)cc1F. The van der Waals surface area contributed by atoms with Crippen LogP contribution in [0.1, 0.15) is 25.7 Å². The summed E-state index contributed by atoms with van der Waals surface area (Å²) in [6.45, 7) is -0.161. The van der Waals surface area contributed by atoms with E-state index in [-0.39, 0.29) is 6.54 Å². The van der Waals surface area contributed by atoms with E-state index in [2.05, 4.69) is 4.72 Å². The molecule has 7 heteroatoms. The van der Waals surface area contributed by atoms with Crippen LogP contribution in [0.25, 0.3) is 0 Å². The molecule has 2 rings (SSSR count). The van der Waals surface area contributed by atoms with E-state index in [1.807, 2.05) is 0 Å². The van der Waals surface area contributed by atoms with Gasteiger partial charge in [0, 0.05) is 12.6 Å². The third-order valence-corrected chi connectivity index (χ3v) is 4.74. The zero-order valence-electron chi connectivity index (χ0n) is 10.2. The Morgan fingerprint density at radius 2 is 1.89 bits per heavy atom. The quantitative estimate of drug-likeness (QED) is 0.884. The predicted molar refractivity (Wildman–Crippen MR) is 65.0 cm³/mol. The number of hydrogen-bond acceptors (Lipinski definition) is 3. The van der Waals surface area contributed by atoms with Crippen molar-refractivity contribution in [3.8, 4) is 0 Å². The highest BCUT2D eigenvalue weighted by molar-refractivity contribution is 7.89. The van der Waals surface area contributed by atoms with Crippen molar-refractivity contribution in [2.75, 3.05) is 6.54 Å². The van der Waals surface area contributed by atoms with Crippen molar-refractivity contribution in [1.29, 1.82) is 0 Å². The average molecular weight is 291 g/mol. The van der Waals surface area contributed by atoms with Gasteiger partial charge in [-0.2, -0.15) is 0 Å². The van der Waals surface area contributed by atoms with E-state index in [0.717, 1.165) is 25.0 Å². The molecule has 2 N–H and O–H groups in total. The first-order valence-corrected chi connectivity index (χ1v) is 7.48. The van der Waals surface area contributed by atoms with Gasteiger partial charge in [-0.3, -0.25) is 0 Å². The third-order valence-electron chi connectivity index (χ3n) is 3.31. The van der Waals surface area contributed by atoms with Gasteiger partial charge in [0.25, 0.3) is 0 Å². The minimum atomic E-state index is -4.08. The molecule has 1 aromatic carbocycles. The van der Waals surface area contributed by atoms with Crippen LogP contribution in [0.15, 0.2) is 23.1 Å². The summed E-state index contributed by atoms with van der Waals surface area (Å²) in [5, 5.41) is 10.0. The summed E-state index contributed by atoms with van der Waals surface area (Å²) < 4.78 is 52.1. The van der Waals surface area contributed by atoms with Gasteiger partial charge in [0.1, 0.15) is 16.5 Å². The molecule has 0 saturated heterocycles. The summed E-state index contributed by atoms with van der Waals surface area (Å²) in [5.74, 6) is -1.99. The zero-order valence-corrected chi connectivity index (χ0v) is 11.0. The Kier molecular flexibility index (Phi) is 3.89. The molecule has 0 radical (unpaired) electrons. The number of nitrogens with one attached hydrogen (secondary N) is 1. The van der Waals surface area contributed by atoms with Crippen molar-refractivity contribution in [2.45, 2.75) is 36.2 Å². The smallest absolute Gasteiger partial charge is 0.243 e. The summed E-state index contributed by atoms with van der Waals surface area (Å²) in [4.78, 5) is -0.615. The van der Waals surface area contributed by atoms with Crippen molar-refractivity contribution in [3.63, 3.8) is 0 Å². The van der Waals surface area contributed by atoms with E-state index in [1.54, 1.807) is 0 Å². The van der Waals surface area contributed by atoms with Crippen LogP contribution in [0.4, 0.5) is 8.78 Å². The molecule has 1 fully saturated rings. The van der Waals surface area contributed by atoms with Gasteiger partial charge in [0.2, 0.25) is 10.0 Å². The number of benzene rings is 1. The Morgan fingerprint density at radius 1 is 1.26 bits per heavy atom. The van der Waals surface area contributed by atoms with Crippen molar-refractivity contribution in [2.24, 2.45) is 0 Å². The minimum absolute atomic E-state index is 0.161. The molecule has 0 amide bonds. The fourth-order valence-electron chi connectivity index (χ4n) is 2.21. The van der Waals surface area contributed by atoms with Gasteiger partial charge in [-0.15, -0.1) is 0 Å². The molecule has 0 spiro atoms. The Morgan fingerprint density at radius 3 is 2.47 bits per heavy atom. The molecule has 19 heavy (non-hydrogen) atoms. The van der Waals surface area contributed by atoms with E-state index >= 15 is 0 Å². The number of sulfonamides is 1. The standard InChI is InChI=1S/C12H15F2NO3S/c13-9-3-4-11(10(14)7-9)19(17,18)15-8-12(16)5-1-2-6-12/h3-4,7,15-16H,1-2,5-6,8H2. The maximum atomic E-state index is 13.4. The number of halogens is 2. The highest BCUT2D eigenvalue weighted by Crippen LogP contribution is 2.29. The lowest BCUT2D eigenvalue weighted by Gasteiger charge is -2.22. The first-order valence-electron chi connectivity index (χ1n) is 6.00. The highest BCUT2D eigenvalue weighted by atomic mass is 32.2. The highest BCUT2D eigenvalue weighted by Gasteiger charge is 2.33. The first-order chi connectivity index (χ1) is 8.82. The molecule has 0 aromatic heterocycles. The van der Waals surface area contributed by atoms with Crippen molar-refractivity contribution < 1.29 is 22.3 Å². The largest absolute Gasteiger partial charge is 0.389 e. The molecule has 1 saturated carbocycles. The van der Waals surface area contributed by atoms with Gasteiger partial charge < -0.3 is 5.11 Å². The Hall–Kier alpha value is -1.05. The third kappa shape index (κ3) is 3.29. The zero-order chi connectivity index (χ0) is 14.1. The summed E-state index contributed by atoms with van der Waals surface area (Å²) in [7, 11) is -4.08. The molecule has 0 bridgehead atoms. The predicted octanol–water partition coefficient (Wildman–Crippen LogP) is 1.55. The molecule has 0 atom stereocenters. The van der Waals surface area contributed by atoms with Crippen molar-refractivity contribution in [1.82, 2.24) is 4.72 Å². The molecule has 0 heterocycles. The molecule has 0 unspecified atom stereocenters. The molecule has 106 valence electrons. The fraction of sp³-hybridized carbons (Fsp3) is 0.500. The lowest BCUT2D eigenvalue weighted by atomic mass is 10.0. The molecule has 1 aromatic rings. The topological polar surface area (TPSA) is 66.4 Å². The fourth-order valence-corrected chi connectivity index (χ4v) is 3.39. The van der Waals surface area contributed by atoms with Crippen LogP contribution in [-0.4, -0.2) is 25.7 Å². The van der Waals surface area contributed by atoms with Crippen LogP contribution in [0, 0.1) is 11.6 Å². The van der Waals surface area contributed by atoms with Gasteiger partial charge >= 0.3 is 0 Å².